The number of nitrogens with zero attached hydrogens (tertiary/aromatic N) is 4. The molecule has 0 unspecified atom stereocenters. The molecule has 0 aliphatic heterocycles. The zero-order chi connectivity index (χ0) is 45.2. The van der Waals surface area contributed by atoms with E-state index in [1.807, 2.05) is 24.3 Å². The van der Waals surface area contributed by atoms with Gasteiger partial charge in [-0.2, -0.15) is 0 Å². The zero-order valence-electron chi connectivity index (χ0n) is 36.9. The molecule has 0 fully saturated rings. The van der Waals surface area contributed by atoms with Crippen LogP contribution in [0.3, 0.4) is 0 Å². The summed E-state index contributed by atoms with van der Waals surface area (Å²) < 4.78 is 15.4. The Labute approximate surface area is 394 Å². The van der Waals surface area contributed by atoms with Crippen molar-refractivity contribution in [2.75, 3.05) is 0 Å². The molecule has 15 rings (SSSR count). The van der Waals surface area contributed by atoms with Crippen molar-refractivity contribution in [2.24, 2.45) is 0 Å². The molecule has 15 aromatic rings. The quantitative estimate of drug-likeness (QED) is 0.161. The number of hydrogen-bond donors (Lipinski definition) is 0. The average molecular weight is 881 g/mol. The van der Waals surface area contributed by atoms with Crippen molar-refractivity contribution in [1.29, 1.82) is 0 Å². The van der Waals surface area contributed by atoms with Crippen LogP contribution in [0.2, 0.25) is 0 Å². The number of aromatic nitrogens is 4. The summed E-state index contributed by atoms with van der Waals surface area (Å²) in [5, 5.41) is 13.8. The highest BCUT2D eigenvalue weighted by molar-refractivity contribution is 6.26. The van der Waals surface area contributed by atoms with E-state index < -0.39 is 0 Å². The van der Waals surface area contributed by atoms with Crippen LogP contribution in [0.25, 0.3) is 149 Å². The van der Waals surface area contributed by atoms with Crippen LogP contribution in [-0.4, -0.2) is 19.5 Å². The Hall–Kier alpha value is -9.39. The Bertz CT molecular complexity index is 4580. The van der Waals surface area contributed by atoms with Crippen LogP contribution < -0.4 is 0 Å². The summed E-state index contributed by atoms with van der Waals surface area (Å²) in [7, 11) is 0. The monoisotopic (exact) mass is 880 g/mol. The Morgan fingerprint density at radius 2 is 0.725 bits per heavy atom. The smallest absolute Gasteiger partial charge is 0.164 e. The fourth-order valence-corrected chi connectivity index (χ4v) is 10.9. The van der Waals surface area contributed by atoms with Gasteiger partial charge >= 0.3 is 0 Å². The standard InChI is InChI=1S/C63H36N4O2/c1-2-13-41(14-3-1)67-55-23-10-8-19-48(55)52-22-12-21-42(60(52)67)37-28-32-57-54(33-37)51-31-27-40(36-59(51)69-57)63-65-61(64-62(66-63)39-26-30-50-49-20-9-11-24-56(49)68-58(50)35-39)38-25-29-47-45-17-5-4-15-43(45)44-16-6-7-18-46(44)53(47)34-38/h1-36H. The lowest BCUT2D eigenvalue weighted by Gasteiger charge is -2.12. The summed E-state index contributed by atoms with van der Waals surface area (Å²) in [5.41, 5.74) is 11.5. The third-order valence-electron chi connectivity index (χ3n) is 14.0. The van der Waals surface area contributed by atoms with E-state index in [2.05, 4.69) is 199 Å². The lowest BCUT2D eigenvalue weighted by Crippen LogP contribution is -2.00. The van der Waals surface area contributed by atoms with Crippen molar-refractivity contribution in [3.05, 3.63) is 218 Å². The largest absolute Gasteiger partial charge is 0.456 e. The number of para-hydroxylation sites is 4. The van der Waals surface area contributed by atoms with Gasteiger partial charge in [0.1, 0.15) is 22.3 Å². The minimum absolute atomic E-state index is 0.548. The third-order valence-corrected chi connectivity index (χ3v) is 14.0. The maximum atomic E-state index is 6.68. The zero-order valence-corrected chi connectivity index (χ0v) is 36.9. The van der Waals surface area contributed by atoms with Crippen molar-refractivity contribution in [2.45, 2.75) is 0 Å². The molecule has 69 heavy (non-hydrogen) atoms. The van der Waals surface area contributed by atoms with Crippen molar-refractivity contribution < 1.29 is 8.83 Å². The Morgan fingerprint density at radius 1 is 0.275 bits per heavy atom. The molecule has 4 heterocycles. The molecule has 0 atom stereocenters. The highest BCUT2D eigenvalue weighted by atomic mass is 16.3. The number of fused-ring (bicyclic) bond motifs is 15. The van der Waals surface area contributed by atoms with Crippen LogP contribution >= 0.6 is 0 Å². The number of hydrogen-bond acceptors (Lipinski definition) is 5. The molecule has 0 aliphatic rings. The topological polar surface area (TPSA) is 69.9 Å². The first-order valence-electron chi connectivity index (χ1n) is 23.2. The molecule has 0 radical (unpaired) electrons. The summed E-state index contributed by atoms with van der Waals surface area (Å²) >= 11 is 0. The number of benzene rings is 11. The summed E-state index contributed by atoms with van der Waals surface area (Å²) in [4.78, 5) is 15.7. The molecule has 6 nitrogen and oxygen atoms in total. The van der Waals surface area contributed by atoms with Gasteiger partial charge in [-0.05, 0) is 105 Å². The van der Waals surface area contributed by atoms with Crippen molar-refractivity contribution >= 4 is 98.0 Å². The predicted octanol–water partition coefficient (Wildman–Crippen LogP) is 16.9. The number of furan rings is 2. The minimum atomic E-state index is 0.548. The Kier molecular flexibility index (Phi) is 7.97. The van der Waals surface area contributed by atoms with Gasteiger partial charge in [-0.25, -0.2) is 15.0 Å². The first-order valence-corrected chi connectivity index (χ1v) is 23.2. The van der Waals surface area contributed by atoms with Crippen LogP contribution in [0.15, 0.2) is 227 Å². The molecule has 6 heteroatoms. The first-order chi connectivity index (χ1) is 34.2. The van der Waals surface area contributed by atoms with Crippen LogP contribution in [0.4, 0.5) is 0 Å². The molecular formula is C63H36N4O2. The molecule has 0 saturated heterocycles. The molecule has 0 saturated carbocycles. The molecule has 0 spiro atoms. The minimum Gasteiger partial charge on any atom is -0.456 e. The summed E-state index contributed by atoms with van der Waals surface area (Å²) in [5.74, 6) is 1.68. The lowest BCUT2D eigenvalue weighted by atomic mass is 9.93. The van der Waals surface area contributed by atoms with Crippen LogP contribution in [0.5, 0.6) is 0 Å². The van der Waals surface area contributed by atoms with Crippen molar-refractivity contribution in [1.82, 2.24) is 19.5 Å². The second-order valence-corrected chi connectivity index (χ2v) is 17.9. The maximum absolute atomic E-state index is 6.68. The van der Waals surface area contributed by atoms with E-state index in [0.29, 0.717) is 17.5 Å². The van der Waals surface area contributed by atoms with E-state index in [-0.39, 0.29) is 0 Å². The second-order valence-electron chi connectivity index (χ2n) is 17.9. The fourth-order valence-electron chi connectivity index (χ4n) is 10.9. The maximum Gasteiger partial charge on any atom is 0.164 e. The van der Waals surface area contributed by atoms with Crippen LogP contribution in [0, 0.1) is 0 Å². The van der Waals surface area contributed by atoms with Gasteiger partial charge in [-0.1, -0.05) is 152 Å². The van der Waals surface area contributed by atoms with Gasteiger partial charge in [0.2, 0.25) is 0 Å². The van der Waals surface area contributed by atoms with E-state index in [1.165, 1.54) is 48.7 Å². The van der Waals surface area contributed by atoms with E-state index >= 15 is 0 Å². The van der Waals surface area contributed by atoms with Crippen molar-refractivity contribution in [3.63, 3.8) is 0 Å². The Balaban J connectivity index is 0.899. The van der Waals surface area contributed by atoms with Gasteiger partial charge in [-0.3, -0.25) is 0 Å². The molecule has 11 aromatic carbocycles. The van der Waals surface area contributed by atoms with E-state index in [0.717, 1.165) is 82.8 Å². The SMILES string of the molecule is c1ccc(-n2c3ccccc3c3cccc(-c4ccc5oc6cc(-c7nc(-c8ccc9c(c8)oc8ccccc89)nc(-c8ccc9c%10ccccc%10c%10ccccc%10c9c8)n7)ccc6c5c4)c32)cc1. The predicted molar refractivity (Wildman–Crippen MR) is 283 cm³/mol. The summed E-state index contributed by atoms with van der Waals surface area (Å²) in [6.45, 7) is 0. The highest BCUT2D eigenvalue weighted by Gasteiger charge is 2.20. The van der Waals surface area contributed by atoms with Gasteiger partial charge in [-0.15, -0.1) is 0 Å². The van der Waals surface area contributed by atoms with E-state index in [9.17, 15) is 0 Å². The first kappa shape index (κ1) is 37.8. The van der Waals surface area contributed by atoms with Crippen LogP contribution in [-0.2, 0) is 0 Å². The second kappa shape index (κ2) is 14.6. The highest BCUT2D eigenvalue weighted by Crippen LogP contribution is 2.42. The summed E-state index contributed by atoms with van der Waals surface area (Å²) in [6, 6.07) is 76.9. The molecular weight excluding hydrogens is 845 g/mol. The molecule has 0 aliphatic carbocycles. The average Bonchev–Trinajstić information content (AvgIpc) is 4.10. The molecule has 0 N–H and O–H groups in total. The third kappa shape index (κ3) is 5.76. The van der Waals surface area contributed by atoms with Crippen LogP contribution in [0.1, 0.15) is 0 Å². The lowest BCUT2D eigenvalue weighted by molar-refractivity contribution is 0.668. The molecule has 320 valence electrons. The molecule has 4 aromatic heterocycles. The normalized spacial score (nSPS) is 12.1. The number of rotatable bonds is 5. The summed E-state index contributed by atoms with van der Waals surface area (Å²) in [6.07, 6.45) is 0. The van der Waals surface area contributed by atoms with Gasteiger partial charge in [0.15, 0.2) is 17.5 Å². The van der Waals surface area contributed by atoms with Gasteiger partial charge < -0.3 is 13.4 Å². The van der Waals surface area contributed by atoms with Gasteiger partial charge in [0.05, 0.1) is 11.0 Å². The van der Waals surface area contributed by atoms with Crippen molar-refractivity contribution in [3.8, 4) is 51.0 Å². The van der Waals surface area contributed by atoms with Gasteiger partial charge in [0.25, 0.3) is 0 Å². The molecule has 0 bridgehead atoms. The van der Waals surface area contributed by atoms with Gasteiger partial charge in [0, 0.05) is 60.3 Å². The van der Waals surface area contributed by atoms with E-state index in [4.69, 9.17) is 23.8 Å². The van der Waals surface area contributed by atoms with E-state index in [1.54, 1.807) is 0 Å². The fraction of sp³-hybridized carbons (Fsp3) is 0. The molecule has 0 amide bonds. The Morgan fingerprint density at radius 3 is 1.39 bits per heavy atom.